The molecule has 1 aromatic heterocycles. The minimum Gasteiger partial charge on any atom is -0.746 e. The first kappa shape index (κ1) is 49.5. The molecule has 13 nitrogen and oxygen atoms in total. The number of ether oxygens (including phenoxy) is 4. The molecule has 1 saturated heterocycles. The Morgan fingerprint density at radius 2 is 1.27 bits per heavy atom. The number of quaternary nitrogens is 1. The van der Waals surface area contributed by atoms with Gasteiger partial charge in [-0.25, -0.2) is 4.79 Å². The Morgan fingerprint density at radius 1 is 0.790 bits per heavy atom. The van der Waals surface area contributed by atoms with Crippen molar-refractivity contribution in [1.82, 2.24) is 9.55 Å². The van der Waals surface area contributed by atoms with Gasteiger partial charge in [0.05, 0.1) is 61.6 Å². The number of aromatic nitrogens is 2. The molecule has 6 rings (SSSR count). The van der Waals surface area contributed by atoms with E-state index in [1.165, 1.54) is 32.8 Å². The van der Waals surface area contributed by atoms with Gasteiger partial charge >= 0.3 is 13.5 Å². The van der Waals surface area contributed by atoms with Crippen LogP contribution in [0.25, 0.3) is 0 Å². The highest BCUT2D eigenvalue weighted by molar-refractivity contribution is 7.46. The normalized spacial score (nSPS) is 17.3. The van der Waals surface area contributed by atoms with E-state index in [1.807, 2.05) is 54.6 Å². The van der Waals surface area contributed by atoms with Gasteiger partial charge in [-0.05, 0) is 68.7 Å². The Hall–Kier alpha value is -3.56. The molecule has 2 N–H and O–H groups in total. The molecule has 0 aliphatic carbocycles. The summed E-state index contributed by atoms with van der Waals surface area (Å²) in [7, 11) is -2.29. The van der Waals surface area contributed by atoms with Crippen LogP contribution in [0.15, 0.2) is 94.6 Å². The zero-order valence-electron chi connectivity index (χ0n) is 34.7. The number of benzene rings is 4. The van der Waals surface area contributed by atoms with Crippen LogP contribution in [0.1, 0.15) is 55.7 Å². The monoisotopic (exact) mass is 971 g/mol. The highest BCUT2D eigenvalue weighted by atomic mass is 35.5. The molecule has 334 valence electrons. The van der Waals surface area contributed by atoms with E-state index >= 15 is 0 Å². The van der Waals surface area contributed by atoms with Gasteiger partial charge in [-0.2, -0.15) is 0 Å². The number of rotatable bonds is 16. The highest BCUT2D eigenvalue weighted by Gasteiger charge is 2.44. The molecule has 4 aromatic carbocycles. The Balaban J connectivity index is 0.000000955. The number of nitrogens with one attached hydrogen (secondary N) is 2. The molecule has 19 heteroatoms. The van der Waals surface area contributed by atoms with Gasteiger partial charge in [-0.1, -0.05) is 113 Å². The molecule has 1 unspecified atom stereocenters. The summed E-state index contributed by atoms with van der Waals surface area (Å²) in [4.78, 5) is 42.7. The fourth-order valence-corrected chi connectivity index (χ4v) is 9.24. The molecule has 0 radical (unpaired) electrons. The fourth-order valence-electron chi connectivity index (χ4n) is 6.93. The van der Waals surface area contributed by atoms with Crippen LogP contribution < -0.4 is 35.0 Å². The Kier molecular flexibility index (Phi) is 17.5. The third-order valence-corrected chi connectivity index (χ3v) is 13.6. The Bertz CT molecular complexity index is 2370. The number of hydrogen-bond donors (Lipinski definition) is 2. The van der Waals surface area contributed by atoms with Crippen molar-refractivity contribution in [3.8, 4) is 17.2 Å². The number of phosphoric ester groups is 1. The van der Waals surface area contributed by atoms with Gasteiger partial charge in [-0.3, -0.25) is 18.9 Å². The first-order chi connectivity index (χ1) is 29.5. The molecule has 2 heterocycles. The SMILES string of the molecule is CC[NH+](CC)CC.COc1ccc(C(OC[C@H]2O[C@@H](n3cc(C)c(=O)[nH]c3=O)C[C@@H]2OP(=O)([O-])Oc2c(Cl)c(Cl)c(Cl)c(Cl)c2Cl)(c2ccccc2)c2ccc(OC)cc2)cc1. The highest BCUT2D eigenvalue weighted by Crippen LogP contribution is 2.54. The van der Waals surface area contributed by atoms with Crippen LogP contribution in [-0.4, -0.2) is 62.2 Å². The van der Waals surface area contributed by atoms with E-state index < -0.39 is 58.9 Å². The van der Waals surface area contributed by atoms with Crippen LogP contribution in [0.3, 0.4) is 0 Å². The number of methoxy groups -OCH3 is 2. The fraction of sp³-hybridized carbons (Fsp3) is 0.349. The zero-order chi connectivity index (χ0) is 45.4. The van der Waals surface area contributed by atoms with Gasteiger partial charge in [0.15, 0.2) is 5.75 Å². The van der Waals surface area contributed by atoms with Crippen molar-refractivity contribution in [2.45, 2.75) is 58.2 Å². The zero-order valence-corrected chi connectivity index (χ0v) is 39.4. The predicted octanol–water partition coefficient (Wildman–Crippen LogP) is 8.29. The van der Waals surface area contributed by atoms with Crippen molar-refractivity contribution >= 4 is 65.8 Å². The van der Waals surface area contributed by atoms with Crippen molar-refractivity contribution in [1.29, 1.82) is 0 Å². The molecule has 1 aliphatic rings. The van der Waals surface area contributed by atoms with E-state index in [-0.39, 0.29) is 33.7 Å². The summed E-state index contributed by atoms with van der Waals surface area (Å²) in [6, 6.07) is 23.9. The average molecular weight is 974 g/mol. The largest absolute Gasteiger partial charge is 0.746 e. The van der Waals surface area contributed by atoms with Gasteiger partial charge in [0.25, 0.3) is 5.56 Å². The van der Waals surface area contributed by atoms with Gasteiger partial charge in [0.1, 0.15) is 39.5 Å². The van der Waals surface area contributed by atoms with E-state index in [9.17, 15) is 19.0 Å². The van der Waals surface area contributed by atoms with E-state index in [4.69, 9.17) is 86.0 Å². The van der Waals surface area contributed by atoms with Crippen LogP contribution in [-0.2, 0) is 24.2 Å². The summed E-state index contributed by atoms with van der Waals surface area (Å²) in [6.07, 6.45) is -2.57. The van der Waals surface area contributed by atoms with E-state index in [1.54, 1.807) is 43.4 Å². The van der Waals surface area contributed by atoms with E-state index in [0.717, 1.165) is 4.57 Å². The van der Waals surface area contributed by atoms with E-state index in [0.29, 0.717) is 28.2 Å². The molecule has 0 spiro atoms. The van der Waals surface area contributed by atoms with Crippen LogP contribution in [0.2, 0.25) is 25.1 Å². The number of aromatic amines is 1. The van der Waals surface area contributed by atoms with Crippen molar-refractivity contribution in [2.75, 3.05) is 40.5 Å². The van der Waals surface area contributed by atoms with Crippen LogP contribution in [0.4, 0.5) is 0 Å². The summed E-state index contributed by atoms with van der Waals surface area (Å²) >= 11 is 30.9. The number of nitrogens with zero attached hydrogens (tertiary/aromatic N) is 1. The summed E-state index contributed by atoms with van der Waals surface area (Å²) in [5.41, 5.74) is -0.436. The van der Waals surface area contributed by atoms with Gasteiger partial charge in [-0.15, -0.1) is 0 Å². The molecule has 0 saturated carbocycles. The first-order valence-corrected chi connectivity index (χ1v) is 22.9. The molecule has 0 amide bonds. The Morgan fingerprint density at radius 3 is 1.74 bits per heavy atom. The van der Waals surface area contributed by atoms with Crippen LogP contribution >= 0.6 is 65.8 Å². The van der Waals surface area contributed by atoms with E-state index in [2.05, 4.69) is 25.8 Å². The summed E-state index contributed by atoms with van der Waals surface area (Å²) < 4.78 is 49.8. The lowest BCUT2D eigenvalue weighted by atomic mass is 9.80. The second kappa shape index (κ2) is 21.9. The topological polar surface area (TPSA) is 155 Å². The molecule has 5 aromatic rings. The maximum absolute atomic E-state index is 13.6. The van der Waals surface area contributed by atoms with Crippen LogP contribution in [0.5, 0.6) is 17.2 Å². The molecule has 4 atom stereocenters. The van der Waals surface area contributed by atoms with Gasteiger partial charge in [0.2, 0.25) is 0 Å². The lowest BCUT2D eigenvalue weighted by Gasteiger charge is -2.37. The number of aryl methyl sites for hydroxylation is 1. The van der Waals surface area contributed by atoms with Gasteiger partial charge < -0.3 is 37.8 Å². The minimum atomic E-state index is -5.40. The molecule has 0 bridgehead atoms. The van der Waals surface area contributed by atoms with Gasteiger partial charge in [0, 0.05) is 18.2 Å². The number of hydrogen-bond acceptors (Lipinski definition) is 10. The van der Waals surface area contributed by atoms with Crippen molar-refractivity contribution < 1.29 is 42.4 Å². The third-order valence-electron chi connectivity index (χ3n) is 10.4. The number of phosphoric acid groups is 1. The van der Waals surface area contributed by atoms with Crippen molar-refractivity contribution in [3.63, 3.8) is 0 Å². The molecular weight excluding hydrogens is 927 g/mol. The quantitative estimate of drug-likeness (QED) is 0.0427. The number of H-pyrrole nitrogens is 1. The lowest BCUT2D eigenvalue weighted by Crippen LogP contribution is -3.11. The second-order valence-electron chi connectivity index (χ2n) is 14.1. The third kappa shape index (κ3) is 11.2. The molecule has 1 aliphatic heterocycles. The second-order valence-corrected chi connectivity index (χ2v) is 17.2. The standard InChI is InChI=1S/C37H32Cl5N2O10P.C6H15N/c1-20-18-44(36(46)43-35(20)45)28-17-26(53-55(47,48)54-34-32(41)30(39)29(38)31(40)33(34)42)27(52-28)19-51-37(21-7-5-4-6-8-21,22-9-13-24(49-2)14-10-22)23-11-15-25(50-3)16-12-23;1-4-7(5-2)6-3/h4-16,18,26-28H,17,19H2,1-3H3,(H,47,48)(H,43,45,46);4-6H2,1-3H3/t26-,27+,28+;/m0./s1. The Labute approximate surface area is 384 Å². The summed E-state index contributed by atoms with van der Waals surface area (Å²) in [5, 5.41) is -1.67. The summed E-state index contributed by atoms with van der Waals surface area (Å²) in [6.45, 7) is 11.7. The molecule has 1 fully saturated rings. The number of halogens is 5. The van der Waals surface area contributed by atoms with Crippen LogP contribution in [0, 0.1) is 6.92 Å². The molecular formula is C43H47Cl5N3O10P. The maximum atomic E-state index is 13.6. The first-order valence-electron chi connectivity index (χ1n) is 19.5. The maximum Gasteiger partial charge on any atom is 0.330 e. The smallest absolute Gasteiger partial charge is 0.330 e. The summed E-state index contributed by atoms with van der Waals surface area (Å²) in [5.74, 6) is 0.596. The van der Waals surface area contributed by atoms with Crippen molar-refractivity contribution in [3.05, 3.63) is 153 Å². The van der Waals surface area contributed by atoms with Crippen molar-refractivity contribution in [2.24, 2.45) is 0 Å². The average Bonchev–Trinajstić information content (AvgIpc) is 3.67. The lowest BCUT2D eigenvalue weighted by molar-refractivity contribution is -0.894. The predicted molar refractivity (Wildman–Crippen MR) is 240 cm³/mol. The molecule has 62 heavy (non-hydrogen) atoms. The minimum absolute atomic E-state index is 0.209.